The normalized spacial score (nSPS) is 21.6. The van der Waals surface area contributed by atoms with Gasteiger partial charge in [-0.15, -0.1) is 0 Å². The molecule has 1 aromatic heterocycles. The van der Waals surface area contributed by atoms with Crippen LogP contribution >= 0.6 is 0 Å². The number of aromatic amines is 1. The van der Waals surface area contributed by atoms with Crippen molar-refractivity contribution in [2.24, 2.45) is 5.92 Å². The van der Waals surface area contributed by atoms with E-state index in [1.807, 2.05) is 54.6 Å². The number of nitrogens with zero attached hydrogens (tertiary/aromatic N) is 4. The van der Waals surface area contributed by atoms with Gasteiger partial charge in [0.05, 0.1) is 12.2 Å². The fraction of sp³-hybridized carbons (Fsp3) is 0.250. The van der Waals surface area contributed by atoms with Crippen LogP contribution in [0.5, 0.6) is 11.5 Å². The first-order valence-electron chi connectivity index (χ1n) is 10.3. The van der Waals surface area contributed by atoms with Crippen molar-refractivity contribution in [2.75, 3.05) is 6.54 Å². The van der Waals surface area contributed by atoms with E-state index in [1.54, 1.807) is 11.0 Å². The van der Waals surface area contributed by atoms with Gasteiger partial charge in [-0.3, -0.25) is 5.10 Å². The Bertz CT molecular complexity index is 1180. The first-order valence-corrected chi connectivity index (χ1v) is 10.3. The fourth-order valence-corrected chi connectivity index (χ4v) is 4.52. The Hall–Kier alpha value is -3.92. The standard InChI is InChI=1S/C24H21N5O2/c1-28(22-14-29(15-25)21-12-11-18(21)22)24(30)20-13-19(26-27-20)17-9-5-6-10-23(17)31-16-7-3-2-4-8-16/h2-10,13,18,21-22H,1,11-12,14H2/p+1/t18-,21+,22-/m1/s1. The van der Waals surface area contributed by atoms with Crippen molar-refractivity contribution in [1.29, 1.82) is 5.26 Å². The van der Waals surface area contributed by atoms with Crippen LogP contribution in [-0.2, 0) is 0 Å². The summed E-state index contributed by atoms with van der Waals surface area (Å²) in [5.41, 5.74) is 1.77. The molecule has 0 bridgehead atoms. The maximum absolute atomic E-state index is 13.1. The topological polar surface area (TPSA) is 85.0 Å². The highest BCUT2D eigenvalue weighted by atomic mass is 16.5. The van der Waals surface area contributed by atoms with Gasteiger partial charge >= 0.3 is 5.91 Å². The number of carbonyl (C=O) groups excluding carboxylic acids is 1. The van der Waals surface area contributed by atoms with E-state index in [0.717, 1.165) is 24.2 Å². The predicted octanol–water partition coefficient (Wildman–Crippen LogP) is 3.67. The van der Waals surface area contributed by atoms with Crippen LogP contribution < -0.4 is 4.74 Å². The summed E-state index contributed by atoms with van der Waals surface area (Å²) in [4.78, 5) is 14.9. The molecule has 1 aliphatic heterocycles. The molecule has 3 atom stereocenters. The van der Waals surface area contributed by atoms with Crippen LogP contribution in [0.3, 0.4) is 0 Å². The molecule has 2 aromatic carbocycles. The monoisotopic (exact) mass is 412 g/mol. The maximum atomic E-state index is 13.1. The van der Waals surface area contributed by atoms with Crippen molar-refractivity contribution >= 4 is 12.6 Å². The second-order valence-electron chi connectivity index (χ2n) is 7.98. The van der Waals surface area contributed by atoms with Crippen molar-refractivity contribution < 1.29 is 14.1 Å². The van der Waals surface area contributed by atoms with Crippen LogP contribution in [0.25, 0.3) is 11.3 Å². The number of fused-ring (bicyclic) bond motifs is 1. The van der Waals surface area contributed by atoms with Gasteiger partial charge in [-0.1, -0.05) is 30.3 Å². The molecule has 3 aromatic rings. The fourth-order valence-electron chi connectivity index (χ4n) is 4.52. The van der Waals surface area contributed by atoms with E-state index < -0.39 is 0 Å². The molecule has 154 valence electrons. The molecule has 0 unspecified atom stereocenters. The molecule has 7 nitrogen and oxygen atoms in total. The zero-order chi connectivity index (χ0) is 21.4. The molecule has 2 aliphatic rings. The van der Waals surface area contributed by atoms with Crippen LogP contribution in [0, 0.1) is 17.4 Å². The number of carbonyl (C=O) groups is 1. The number of ether oxygens (including phenoxy) is 1. The van der Waals surface area contributed by atoms with Crippen LogP contribution in [0.4, 0.5) is 0 Å². The van der Waals surface area contributed by atoms with Crippen LogP contribution in [-0.4, -0.2) is 50.9 Å². The zero-order valence-corrected chi connectivity index (χ0v) is 16.9. The minimum atomic E-state index is -0.226. The number of amides is 1. The molecule has 1 saturated heterocycles. The number of rotatable bonds is 5. The summed E-state index contributed by atoms with van der Waals surface area (Å²) >= 11 is 0. The highest BCUT2D eigenvalue weighted by Gasteiger charge is 2.53. The number of nitriles is 1. The maximum Gasteiger partial charge on any atom is 0.437 e. The van der Waals surface area contributed by atoms with E-state index in [0.29, 0.717) is 29.6 Å². The molecule has 1 saturated carbocycles. The van der Waals surface area contributed by atoms with Crippen molar-refractivity contribution in [3.05, 3.63) is 66.4 Å². The molecule has 2 heterocycles. The Balaban J connectivity index is 1.37. The minimum Gasteiger partial charge on any atom is -0.457 e. The lowest BCUT2D eigenvalue weighted by atomic mass is 9.78. The van der Waals surface area contributed by atoms with E-state index >= 15 is 0 Å². The number of para-hydroxylation sites is 2. The molecule has 31 heavy (non-hydrogen) atoms. The highest BCUT2D eigenvalue weighted by molar-refractivity contribution is 5.88. The summed E-state index contributed by atoms with van der Waals surface area (Å²) in [5, 5.41) is 16.5. The van der Waals surface area contributed by atoms with Gasteiger partial charge in [-0.2, -0.15) is 14.9 Å². The molecule has 0 spiro atoms. The van der Waals surface area contributed by atoms with Gasteiger partial charge in [0.15, 0.2) is 17.9 Å². The van der Waals surface area contributed by atoms with Crippen LogP contribution in [0.1, 0.15) is 23.3 Å². The Kier molecular flexibility index (Phi) is 4.75. The van der Waals surface area contributed by atoms with Gasteiger partial charge in [0.1, 0.15) is 18.2 Å². The van der Waals surface area contributed by atoms with Gasteiger partial charge in [0.25, 0.3) is 0 Å². The summed E-state index contributed by atoms with van der Waals surface area (Å²) in [5.74, 6) is 1.46. The van der Waals surface area contributed by atoms with Crippen molar-refractivity contribution in [2.45, 2.75) is 24.9 Å². The third kappa shape index (κ3) is 3.36. The molecule has 1 amide bonds. The first kappa shape index (κ1) is 19.1. The second-order valence-corrected chi connectivity index (χ2v) is 7.98. The van der Waals surface area contributed by atoms with Gasteiger partial charge in [-0.05, 0) is 37.1 Å². The van der Waals surface area contributed by atoms with Gasteiger partial charge in [0, 0.05) is 23.6 Å². The molecule has 2 fully saturated rings. The van der Waals surface area contributed by atoms with E-state index in [4.69, 9.17) is 4.74 Å². The average molecular weight is 412 g/mol. The third-order valence-electron chi connectivity index (χ3n) is 6.30. The summed E-state index contributed by atoms with van der Waals surface area (Å²) in [7, 11) is 0. The van der Waals surface area contributed by atoms with Crippen molar-refractivity contribution in [3.63, 3.8) is 0 Å². The minimum absolute atomic E-state index is 0.0636. The van der Waals surface area contributed by atoms with E-state index in [2.05, 4.69) is 23.1 Å². The van der Waals surface area contributed by atoms with Crippen molar-refractivity contribution in [3.8, 4) is 28.9 Å². The number of nitrogens with one attached hydrogen (secondary N) is 1. The van der Waals surface area contributed by atoms with E-state index in [-0.39, 0.29) is 18.0 Å². The molecule has 0 radical (unpaired) electrons. The number of hydrogen-bond acceptors (Lipinski definition) is 5. The second kappa shape index (κ2) is 7.73. The lowest BCUT2D eigenvalue weighted by Crippen LogP contribution is -2.42. The third-order valence-corrected chi connectivity index (χ3v) is 6.30. The van der Waals surface area contributed by atoms with Crippen molar-refractivity contribution in [1.82, 2.24) is 15.1 Å². The largest absolute Gasteiger partial charge is 0.457 e. The number of benzene rings is 2. The number of likely N-dealkylation sites (tertiary alicyclic amines) is 1. The van der Waals surface area contributed by atoms with Gasteiger partial charge in [-0.25, -0.2) is 4.79 Å². The Morgan fingerprint density at radius 3 is 2.68 bits per heavy atom. The van der Waals surface area contributed by atoms with Gasteiger partial charge < -0.3 is 9.64 Å². The first-order chi connectivity index (χ1) is 15.2. The molecular weight excluding hydrogens is 390 g/mol. The lowest BCUT2D eigenvalue weighted by Gasteiger charge is -2.32. The summed E-state index contributed by atoms with van der Waals surface area (Å²) < 4.78 is 7.53. The highest BCUT2D eigenvalue weighted by Crippen LogP contribution is 2.41. The number of hydrogen-bond donors (Lipinski definition) is 1. The summed E-state index contributed by atoms with van der Waals surface area (Å²) in [6.07, 6.45) is 4.27. The molecule has 1 N–H and O–H groups in total. The predicted molar refractivity (Wildman–Crippen MR) is 115 cm³/mol. The summed E-state index contributed by atoms with van der Waals surface area (Å²) in [6.45, 7) is 4.55. The Morgan fingerprint density at radius 1 is 1.19 bits per heavy atom. The van der Waals surface area contributed by atoms with Crippen LogP contribution in [0.2, 0.25) is 0 Å². The smallest absolute Gasteiger partial charge is 0.437 e. The molecule has 5 rings (SSSR count). The molecule has 7 heteroatoms. The van der Waals surface area contributed by atoms with E-state index in [1.165, 1.54) is 4.58 Å². The average Bonchev–Trinajstić information content (AvgIpc) is 3.36. The number of H-pyrrole nitrogens is 1. The van der Waals surface area contributed by atoms with Gasteiger partial charge in [0.2, 0.25) is 0 Å². The van der Waals surface area contributed by atoms with E-state index in [9.17, 15) is 10.1 Å². The number of aromatic nitrogens is 2. The Morgan fingerprint density at radius 2 is 1.97 bits per heavy atom. The Labute approximate surface area is 180 Å². The molecule has 1 aliphatic carbocycles. The summed E-state index contributed by atoms with van der Waals surface area (Å²) in [6, 6.07) is 19.0. The van der Waals surface area contributed by atoms with Crippen LogP contribution in [0.15, 0.2) is 60.7 Å². The SMILES string of the molecule is C=[N+](C(=O)c1cc(-c2ccccc2Oc2ccccc2)n[nH]1)[C@@H]1CN(C#N)[C@H]2CC[C@@H]12. The molecular formula is C24H22N5O2+. The zero-order valence-electron chi connectivity index (χ0n) is 16.9. The lowest BCUT2D eigenvalue weighted by molar-refractivity contribution is -0.470. The quantitative estimate of drug-likeness (QED) is 0.393.